The van der Waals surface area contributed by atoms with Gasteiger partial charge in [-0.05, 0) is 42.5 Å². The molecule has 134 valence electrons. The molecule has 0 radical (unpaired) electrons. The third-order valence-corrected chi connectivity index (χ3v) is 3.83. The molecule has 8 heteroatoms. The molecule has 0 spiro atoms. The number of aliphatic hydroxyl groups excluding tert-OH is 1. The smallest absolute Gasteiger partial charge is 0.251 e. The second-order valence-electron chi connectivity index (χ2n) is 5.55. The highest BCUT2D eigenvalue weighted by atomic mass is 35.5. The van der Waals surface area contributed by atoms with E-state index in [4.69, 9.17) is 16.3 Å². The Labute approximate surface area is 155 Å². The van der Waals surface area contributed by atoms with Gasteiger partial charge in [-0.1, -0.05) is 17.7 Å². The van der Waals surface area contributed by atoms with E-state index in [0.717, 1.165) is 5.69 Å². The molecule has 26 heavy (non-hydrogen) atoms. The predicted molar refractivity (Wildman–Crippen MR) is 96.6 cm³/mol. The van der Waals surface area contributed by atoms with Crippen molar-refractivity contribution in [1.29, 1.82) is 0 Å². The van der Waals surface area contributed by atoms with Crippen molar-refractivity contribution in [3.63, 3.8) is 0 Å². The summed E-state index contributed by atoms with van der Waals surface area (Å²) in [6.07, 6.45) is 2.26. The van der Waals surface area contributed by atoms with Crippen LogP contribution in [-0.2, 0) is 0 Å². The molecule has 0 bridgehead atoms. The van der Waals surface area contributed by atoms with E-state index >= 15 is 0 Å². The Morgan fingerprint density at radius 3 is 2.65 bits per heavy atom. The van der Waals surface area contributed by atoms with Crippen LogP contribution in [0.2, 0.25) is 5.02 Å². The normalized spacial score (nSPS) is 11.8. The van der Waals surface area contributed by atoms with Gasteiger partial charge in [-0.3, -0.25) is 9.36 Å². The van der Waals surface area contributed by atoms with Gasteiger partial charge < -0.3 is 15.2 Å². The molecule has 0 saturated carbocycles. The van der Waals surface area contributed by atoms with Crippen molar-refractivity contribution in [2.24, 2.45) is 0 Å². The third kappa shape index (κ3) is 4.81. The van der Waals surface area contributed by atoms with Gasteiger partial charge in [0.1, 0.15) is 31.1 Å². The number of nitrogens with zero attached hydrogens (tertiary/aromatic N) is 3. The number of carbonyl (C=O) groups is 1. The maximum atomic E-state index is 12.3. The largest absolute Gasteiger partial charge is 0.491 e. The Morgan fingerprint density at radius 2 is 1.92 bits per heavy atom. The van der Waals surface area contributed by atoms with E-state index in [1.165, 1.54) is 0 Å². The first-order chi connectivity index (χ1) is 12.6. The fourth-order valence-electron chi connectivity index (χ4n) is 2.24. The molecule has 0 aliphatic rings. The Kier molecular flexibility index (Phi) is 5.83. The van der Waals surface area contributed by atoms with E-state index in [2.05, 4.69) is 15.5 Å². The fraction of sp³-hybridized carbons (Fsp3) is 0.167. The Morgan fingerprint density at radius 1 is 1.19 bits per heavy atom. The van der Waals surface area contributed by atoms with Crippen molar-refractivity contribution < 1.29 is 14.6 Å². The first kappa shape index (κ1) is 17.9. The number of rotatable bonds is 7. The van der Waals surface area contributed by atoms with Crippen molar-refractivity contribution in [3.05, 3.63) is 71.8 Å². The lowest BCUT2D eigenvalue weighted by atomic mass is 10.2. The van der Waals surface area contributed by atoms with Gasteiger partial charge in [0.05, 0.1) is 0 Å². The standard InChI is InChI=1S/C18H17ClN4O3/c19-14-4-6-17(7-5-14)26-10-16(24)9-20-18(25)13-2-1-3-15(8-13)23-11-21-22-12-23/h1-8,11-12,16,24H,9-10H2,(H,20,25)/t16-/m0/s1. The number of carbonyl (C=O) groups excluding carboxylic acids is 1. The molecule has 3 aromatic rings. The average molecular weight is 373 g/mol. The Balaban J connectivity index is 1.50. The quantitative estimate of drug-likeness (QED) is 0.663. The summed E-state index contributed by atoms with van der Waals surface area (Å²) in [6.45, 7) is 0.131. The lowest BCUT2D eigenvalue weighted by Crippen LogP contribution is -2.35. The molecule has 1 atom stereocenters. The van der Waals surface area contributed by atoms with Gasteiger partial charge in [0.15, 0.2) is 0 Å². The maximum absolute atomic E-state index is 12.3. The minimum atomic E-state index is -0.837. The van der Waals surface area contributed by atoms with E-state index in [9.17, 15) is 9.90 Å². The summed E-state index contributed by atoms with van der Waals surface area (Å²) in [7, 11) is 0. The highest BCUT2D eigenvalue weighted by Gasteiger charge is 2.11. The van der Waals surface area contributed by atoms with E-state index in [-0.39, 0.29) is 19.1 Å². The predicted octanol–water partition coefficient (Wildman–Crippen LogP) is 2.09. The summed E-state index contributed by atoms with van der Waals surface area (Å²) in [5.41, 5.74) is 1.25. The Hall–Kier alpha value is -2.90. The summed E-state index contributed by atoms with van der Waals surface area (Å²) in [6, 6.07) is 13.9. The average Bonchev–Trinajstić information content (AvgIpc) is 3.20. The summed E-state index contributed by atoms with van der Waals surface area (Å²) in [4.78, 5) is 12.3. The lowest BCUT2D eigenvalue weighted by Gasteiger charge is -2.13. The molecule has 7 nitrogen and oxygen atoms in total. The third-order valence-electron chi connectivity index (χ3n) is 3.58. The van der Waals surface area contributed by atoms with E-state index in [0.29, 0.717) is 16.3 Å². The number of aromatic nitrogens is 3. The Bertz CT molecular complexity index is 853. The molecule has 1 aromatic heterocycles. The second-order valence-corrected chi connectivity index (χ2v) is 5.98. The number of ether oxygens (including phenoxy) is 1. The number of benzene rings is 2. The zero-order valence-corrected chi connectivity index (χ0v) is 14.5. The van der Waals surface area contributed by atoms with Crippen LogP contribution >= 0.6 is 11.6 Å². The van der Waals surface area contributed by atoms with Crippen molar-refractivity contribution in [2.75, 3.05) is 13.2 Å². The van der Waals surface area contributed by atoms with Crippen LogP contribution < -0.4 is 10.1 Å². The lowest BCUT2D eigenvalue weighted by molar-refractivity contribution is 0.0843. The van der Waals surface area contributed by atoms with Crippen molar-refractivity contribution in [1.82, 2.24) is 20.1 Å². The first-order valence-corrected chi connectivity index (χ1v) is 8.29. The fourth-order valence-corrected chi connectivity index (χ4v) is 2.36. The van der Waals surface area contributed by atoms with Crippen LogP contribution in [-0.4, -0.2) is 45.0 Å². The van der Waals surface area contributed by atoms with Crippen LogP contribution in [0.25, 0.3) is 5.69 Å². The van der Waals surface area contributed by atoms with Crippen LogP contribution in [0.4, 0.5) is 0 Å². The van der Waals surface area contributed by atoms with Crippen molar-refractivity contribution in [2.45, 2.75) is 6.10 Å². The van der Waals surface area contributed by atoms with Crippen LogP contribution in [0, 0.1) is 0 Å². The number of nitrogens with one attached hydrogen (secondary N) is 1. The second kappa shape index (κ2) is 8.46. The van der Waals surface area contributed by atoms with Gasteiger partial charge in [-0.25, -0.2) is 0 Å². The molecule has 0 aliphatic carbocycles. The SMILES string of the molecule is O=C(NC[C@H](O)COc1ccc(Cl)cc1)c1cccc(-n2cnnc2)c1. The molecule has 1 heterocycles. The van der Waals surface area contributed by atoms with Gasteiger partial charge in [-0.15, -0.1) is 10.2 Å². The molecule has 2 N–H and O–H groups in total. The van der Waals surface area contributed by atoms with E-state index in [1.807, 2.05) is 6.07 Å². The number of hydrogen-bond acceptors (Lipinski definition) is 5. The molecule has 2 aromatic carbocycles. The summed E-state index contributed by atoms with van der Waals surface area (Å²) < 4.78 is 7.15. The van der Waals surface area contributed by atoms with Crippen molar-refractivity contribution >= 4 is 17.5 Å². The highest BCUT2D eigenvalue weighted by Crippen LogP contribution is 2.15. The number of halogens is 1. The van der Waals surface area contributed by atoms with Gasteiger partial charge in [0.25, 0.3) is 5.91 Å². The highest BCUT2D eigenvalue weighted by molar-refractivity contribution is 6.30. The molecular formula is C18H17ClN4O3. The maximum Gasteiger partial charge on any atom is 0.251 e. The number of amides is 1. The van der Waals surface area contributed by atoms with Crippen LogP contribution in [0.5, 0.6) is 5.75 Å². The molecule has 1 amide bonds. The molecule has 0 aliphatic heterocycles. The van der Waals surface area contributed by atoms with Gasteiger partial charge in [-0.2, -0.15) is 0 Å². The van der Waals surface area contributed by atoms with Gasteiger partial charge in [0.2, 0.25) is 0 Å². The molecule has 0 unspecified atom stereocenters. The minimum Gasteiger partial charge on any atom is -0.491 e. The van der Waals surface area contributed by atoms with Gasteiger partial charge in [0, 0.05) is 22.8 Å². The van der Waals surface area contributed by atoms with E-state index < -0.39 is 6.10 Å². The minimum absolute atomic E-state index is 0.0582. The topological polar surface area (TPSA) is 89.3 Å². The summed E-state index contributed by atoms with van der Waals surface area (Å²) >= 11 is 5.80. The molecule has 0 saturated heterocycles. The zero-order chi connectivity index (χ0) is 18.4. The monoisotopic (exact) mass is 372 g/mol. The van der Waals surface area contributed by atoms with Crippen molar-refractivity contribution in [3.8, 4) is 11.4 Å². The van der Waals surface area contributed by atoms with Crippen LogP contribution in [0.1, 0.15) is 10.4 Å². The van der Waals surface area contributed by atoms with E-state index in [1.54, 1.807) is 59.7 Å². The van der Waals surface area contributed by atoms with Crippen LogP contribution in [0.15, 0.2) is 61.2 Å². The number of hydrogen-bond donors (Lipinski definition) is 2. The first-order valence-electron chi connectivity index (χ1n) is 7.91. The molecule has 0 fully saturated rings. The van der Waals surface area contributed by atoms with Gasteiger partial charge >= 0.3 is 0 Å². The van der Waals surface area contributed by atoms with Crippen LogP contribution in [0.3, 0.4) is 0 Å². The molecular weight excluding hydrogens is 356 g/mol. The summed E-state index contributed by atoms with van der Waals surface area (Å²) in [5.74, 6) is 0.312. The molecule has 3 rings (SSSR count). The number of aliphatic hydroxyl groups is 1. The summed E-state index contributed by atoms with van der Waals surface area (Å²) in [5, 5.41) is 20.8. The zero-order valence-electron chi connectivity index (χ0n) is 13.7.